The van der Waals surface area contributed by atoms with Crippen LogP contribution in [0.25, 0.3) is 0 Å². The number of hydrogen-bond donors (Lipinski definition) is 1. The predicted molar refractivity (Wildman–Crippen MR) is 38.6 cm³/mol. The van der Waals surface area contributed by atoms with Crippen LogP contribution in [-0.2, 0) is 9.59 Å². The summed E-state index contributed by atoms with van der Waals surface area (Å²) in [6.07, 6.45) is 0.428. The summed E-state index contributed by atoms with van der Waals surface area (Å²) in [5.41, 5.74) is 0. The number of hydrogen-bond acceptors (Lipinski definition) is 2. The lowest BCUT2D eigenvalue weighted by Gasteiger charge is -2.08. The van der Waals surface area contributed by atoms with E-state index in [9.17, 15) is 9.59 Å². The second kappa shape index (κ2) is 4.04. The van der Waals surface area contributed by atoms with Gasteiger partial charge in [0.2, 0.25) is 5.91 Å². The van der Waals surface area contributed by atoms with Gasteiger partial charge in [-0.25, -0.2) is 0 Å². The van der Waals surface area contributed by atoms with Crippen molar-refractivity contribution in [3.63, 3.8) is 0 Å². The van der Waals surface area contributed by atoms with Crippen molar-refractivity contribution in [3.8, 4) is 0 Å². The van der Waals surface area contributed by atoms with Gasteiger partial charge >= 0.3 is 0 Å². The third-order valence-electron chi connectivity index (χ3n) is 1.31. The van der Waals surface area contributed by atoms with Crippen molar-refractivity contribution >= 4 is 11.7 Å². The third kappa shape index (κ3) is 3.22. The molecule has 0 aliphatic rings. The quantitative estimate of drug-likeness (QED) is 0.625. The van der Waals surface area contributed by atoms with Gasteiger partial charge in [0.1, 0.15) is 0 Å². The van der Waals surface area contributed by atoms with Gasteiger partial charge in [0, 0.05) is 6.42 Å². The van der Waals surface area contributed by atoms with E-state index >= 15 is 0 Å². The van der Waals surface area contributed by atoms with Crippen molar-refractivity contribution in [2.45, 2.75) is 33.2 Å². The maximum absolute atomic E-state index is 10.7. The average molecular weight is 143 g/mol. The zero-order chi connectivity index (χ0) is 8.15. The van der Waals surface area contributed by atoms with Gasteiger partial charge in [0.25, 0.3) is 0 Å². The summed E-state index contributed by atoms with van der Waals surface area (Å²) in [6, 6.07) is -0.340. The average Bonchev–Trinajstić information content (AvgIpc) is 1.87. The fourth-order valence-corrected chi connectivity index (χ4v) is 0.445. The van der Waals surface area contributed by atoms with Crippen molar-refractivity contribution in [3.05, 3.63) is 0 Å². The molecule has 0 fully saturated rings. The van der Waals surface area contributed by atoms with Crippen LogP contribution in [0, 0.1) is 0 Å². The van der Waals surface area contributed by atoms with Crippen molar-refractivity contribution in [2.24, 2.45) is 0 Å². The van der Waals surface area contributed by atoms with Crippen LogP contribution in [0.5, 0.6) is 0 Å². The van der Waals surface area contributed by atoms with Crippen LogP contribution < -0.4 is 5.32 Å². The molecule has 0 spiro atoms. The summed E-state index contributed by atoms with van der Waals surface area (Å²) in [7, 11) is 0. The highest BCUT2D eigenvalue weighted by Crippen LogP contribution is 1.84. The van der Waals surface area contributed by atoms with E-state index in [1.807, 2.05) is 0 Å². The van der Waals surface area contributed by atoms with Crippen LogP contribution in [0.4, 0.5) is 0 Å². The van der Waals surface area contributed by atoms with Crippen LogP contribution in [0.3, 0.4) is 0 Å². The largest absolute Gasteiger partial charge is 0.347 e. The Kier molecular flexibility index (Phi) is 3.69. The summed E-state index contributed by atoms with van der Waals surface area (Å²) < 4.78 is 0. The minimum atomic E-state index is -0.340. The monoisotopic (exact) mass is 143 g/mol. The predicted octanol–water partition coefficient (Wildman–Crippen LogP) is 0.490. The number of nitrogens with one attached hydrogen (secondary N) is 1. The summed E-state index contributed by atoms with van der Waals surface area (Å²) in [6.45, 7) is 4.89. The standard InChI is InChI=1S/C7H13NO2/c1-4-7(10)8-5(2)6(3)9/h5H,4H2,1-3H3,(H,8,10). The molecule has 0 radical (unpaired) electrons. The van der Waals surface area contributed by atoms with Crippen molar-refractivity contribution in [1.82, 2.24) is 5.32 Å². The molecule has 1 atom stereocenters. The smallest absolute Gasteiger partial charge is 0.220 e. The first-order chi connectivity index (χ1) is 4.57. The fourth-order valence-electron chi connectivity index (χ4n) is 0.445. The van der Waals surface area contributed by atoms with Gasteiger partial charge in [-0.2, -0.15) is 0 Å². The molecular formula is C7H13NO2. The van der Waals surface area contributed by atoms with Gasteiger partial charge in [-0.15, -0.1) is 0 Å². The molecule has 3 heteroatoms. The van der Waals surface area contributed by atoms with Gasteiger partial charge in [-0.1, -0.05) is 6.92 Å². The molecule has 0 aromatic rings. The molecule has 0 bridgehead atoms. The van der Waals surface area contributed by atoms with Crippen molar-refractivity contribution < 1.29 is 9.59 Å². The Morgan fingerprint density at radius 1 is 1.50 bits per heavy atom. The van der Waals surface area contributed by atoms with Crippen LogP contribution in [-0.4, -0.2) is 17.7 Å². The normalized spacial score (nSPS) is 12.3. The number of carbonyl (C=O) groups is 2. The molecule has 0 aliphatic carbocycles. The fraction of sp³-hybridized carbons (Fsp3) is 0.714. The molecule has 58 valence electrons. The number of Topliss-reactive ketones (excluding diaryl/α,β-unsaturated/α-hetero) is 1. The molecule has 0 heterocycles. The lowest BCUT2D eigenvalue weighted by molar-refractivity contribution is -0.126. The summed E-state index contributed by atoms with van der Waals surface area (Å²) in [4.78, 5) is 21.2. The maximum atomic E-state index is 10.7. The zero-order valence-electron chi connectivity index (χ0n) is 6.60. The minimum Gasteiger partial charge on any atom is -0.347 e. The molecule has 0 rings (SSSR count). The Labute approximate surface area is 60.8 Å². The number of ketones is 1. The molecule has 10 heavy (non-hydrogen) atoms. The van der Waals surface area contributed by atoms with E-state index in [1.54, 1.807) is 13.8 Å². The van der Waals surface area contributed by atoms with Gasteiger partial charge < -0.3 is 5.32 Å². The van der Waals surface area contributed by atoms with Crippen LogP contribution in [0.2, 0.25) is 0 Å². The van der Waals surface area contributed by atoms with Crippen molar-refractivity contribution in [2.75, 3.05) is 0 Å². The molecule has 3 nitrogen and oxygen atoms in total. The number of amides is 1. The molecule has 0 aliphatic heterocycles. The van der Waals surface area contributed by atoms with E-state index in [1.165, 1.54) is 6.92 Å². The third-order valence-corrected chi connectivity index (χ3v) is 1.31. The Morgan fingerprint density at radius 2 is 2.00 bits per heavy atom. The molecular weight excluding hydrogens is 130 g/mol. The van der Waals surface area contributed by atoms with E-state index in [-0.39, 0.29) is 17.7 Å². The van der Waals surface area contributed by atoms with Gasteiger partial charge in [0.15, 0.2) is 5.78 Å². The summed E-state index contributed by atoms with van der Waals surface area (Å²) in [5, 5.41) is 2.54. The summed E-state index contributed by atoms with van der Waals surface area (Å²) in [5.74, 6) is -0.0931. The van der Waals surface area contributed by atoms with Gasteiger partial charge in [0.05, 0.1) is 6.04 Å². The Balaban J connectivity index is 3.68. The highest BCUT2D eigenvalue weighted by molar-refractivity contribution is 5.86. The highest BCUT2D eigenvalue weighted by atomic mass is 16.2. The van der Waals surface area contributed by atoms with Gasteiger partial charge in [-0.05, 0) is 13.8 Å². The molecule has 0 saturated heterocycles. The molecule has 1 amide bonds. The minimum absolute atomic E-state index is 0.0122. The van der Waals surface area contributed by atoms with E-state index < -0.39 is 0 Å². The molecule has 1 N–H and O–H groups in total. The van der Waals surface area contributed by atoms with E-state index in [0.717, 1.165) is 0 Å². The van der Waals surface area contributed by atoms with E-state index in [2.05, 4.69) is 5.32 Å². The summed E-state index contributed by atoms with van der Waals surface area (Å²) >= 11 is 0. The maximum Gasteiger partial charge on any atom is 0.220 e. The lowest BCUT2D eigenvalue weighted by Crippen LogP contribution is -2.36. The zero-order valence-corrected chi connectivity index (χ0v) is 6.60. The highest BCUT2D eigenvalue weighted by Gasteiger charge is 2.08. The molecule has 0 aromatic heterocycles. The van der Waals surface area contributed by atoms with E-state index in [0.29, 0.717) is 6.42 Å². The first-order valence-electron chi connectivity index (χ1n) is 3.37. The second-order valence-electron chi connectivity index (χ2n) is 2.25. The van der Waals surface area contributed by atoms with Gasteiger partial charge in [-0.3, -0.25) is 9.59 Å². The Morgan fingerprint density at radius 3 is 2.30 bits per heavy atom. The molecule has 0 aromatic carbocycles. The first-order valence-corrected chi connectivity index (χ1v) is 3.37. The number of rotatable bonds is 3. The topological polar surface area (TPSA) is 46.2 Å². The SMILES string of the molecule is CCC(=O)NC(C)C(C)=O. The van der Waals surface area contributed by atoms with E-state index in [4.69, 9.17) is 0 Å². The molecule has 0 saturated carbocycles. The Bertz CT molecular complexity index is 143. The van der Waals surface area contributed by atoms with Crippen LogP contribution >= 0.6 is 0 Å². The Hall–Kier alpha value is -0.860. The molecule has 1 unspecified atom stereocenters. The van der Waals surface area contributed by atoms with Crippen molar-refractivity contribution in [1.29, 1.82) is 0 Å². The number of carbonyl (C=O) groups excluding carboxylic acids is 2. The van der Waals surface area contributed by atoms with Crippen LogP contribution in [0.15, 0.2) is 0 Å². The van der Waals surface area contributed by atoms with Crippen LogP contribution in [0.1, 0.15) is 27.2 Å². The second-order valence-corrected chi connectivity index (χ2v) is 2.25. The first kappa shape index (κ1) is 9.14. The lowest BCUT2D eigenvalue weighted by atomic mass is 10.2.